The molecule has 51 heavy (non-hydrogen) atoms. The van der Waals surface area contributed by atoms with Gasteiger partial charge in [0, 0.05) is 61.9 Å². The molecule has 11 heteroatoms. The normalized spacial score (nSPS) is 27.6. The zero-order valence-electron chi connectivity index (χ0n) is 30.8. The molecule has 0 bridgehead atoms. The fraction of sp³-hybridized carbons (Fsp3) is 0.650. The second-order valence-electron chi connectivity index (χ2n) is 16.0. The molecule has 2 aromatic rings. The highest BCUT2D eigenvalue weighted by Gasteiger charge is 2.47. The van der Waals surface area contributed by atoms with Gasteiger partial charge < -0.3 is 34.5 Å². The van der Waals surface area contributed by atoms with Gasteiger partial charge in [0.2, 0.25) is 0 Å². The highest BCUT2D eigenvalue weighted by Crippen LogP contribution is 2.47. The van der Waals surface area contributed by atoms with Crippen molar-refractivity contribution >= 4 is 11.9 Å². The fourth-order valence-electron chi connectivity index (χ4n) is 9.33. The van der Waals surface area contributed by atoms with Crippen molar-refractivity contribution in [2.75, 3.05) is 66.6 Å². The largest absolute Gasteiger partial charge is 0.493 e. The summed E-state index contributed by atoms with van der Waals surface area (Å²) in [5.74, 6) is 1.40. The minimum atomic E-state index is -0.832. The highest BCUT2D eigenvalue weighted by molar-refractivity contribution is 5.69. The van der Waals surface area contributed by atoms with Crippen molar-refractivity contribution in [1.82, 2.24) is 15.1 Å². The average molecular weight is 708 g/mol. The molecule has 2 saturated heterocycles. The van der Waals surface area contributed by atoms with E-state index in [9.17, 15) is 19.8 Å². The van der Waals surface area contributed by atoms with E-state index in [2.05, 4.69) is 43.4 Å². The number of methoxy groups -OCH3 is 2. The number of aliphatic carboxylic acids is 2. The van der Waals surface area contributed by atoms with Gasteiger partial charge in [-0.3, -0.25) is 19.4 Å². The van der Waals surface area contributed by atoms with Crippen LogP contribution in [-0.4, -0.2) is 111 Å². The lowest BCUT2D eigenvalue weighted by Crippen LogP contribution is -2.44. The number of hydrogen-bond donors (Lipinski definition) is 3. The van der Waals surface area contributed by atoms with Crippen molar-refractivity contribution in [3.63, 3.8) is 0 Å². The third-order valence-corrected chi connectivity index (χ3v) is 11.9. The molecule has 0 aromatic heterocycles. The number of hydrogen-bond acceptors (Lipinski definition) is 9. The summed E-state index contributed by atoms with van der Waals surface area (Å²) in [6.45, 7) is 8.31. The predicted molar refractivity (Wildman–Crippen MR) is 194 cm³/mol. The molecule has 2 aliphatic carbocycles. The fourth-order valence-corrected chi connectivity index (χ4v) is 9.33. The van der Waals surface area contributed by atoms with Gasteiger partial charge in [-0.05, 0) is 86.8 Å². The first-order chi connectivity index (χ1) is 24.5. The van der Waals surface area contributed by atoms with Crippen molar-refractivity contribution in [2.45, 2.75) is 89.3 Å². The van der Waals surface area contributed by atoms with E-state index < -0.39 is 11.9 Å². The molecule has 4 atom stereocenters. The number of benzene rings is 2. The van der Waals surface area contributed by atoms with Crippen molar-refractivity contribution in [2.24, 2.45) is 10.8 Å². The smallest absolute Gasteiger partial charge is 0.317 e. The highest BCUT2D eigenvalue weighted by atomic mass is 16.5. The first-order valence-electron chi connectivity index (χ1n) is 18.8. The Bertz CT molecular complexity index is 1410. The van der Waals surface area contributed by atoms with Gasteiger partial charge in [-0.2, -0.15) is 0 Å². The van der Waals surface area contributed by atoms with Gasteiger partial charge in [0.15, 0.2) is 23.0 Å². The molecule has 0 amide bonds. The van der Waals surface area contributed by atoms with Crippen molar-refractivity contribution in [3.8, 4) is 23.0 Å². The van der Waals surface area contributed by atoms with E-state index in [0.29, 0.717) is 50.8 Å². The number of carboxylic acid groups (broad SMARTS) is 2. The minimum Gasteiger partial charge on any atom is -0.493 e. The summed E-state index contributed by atoms with van der Waals surface area (Å²) in [7, 11) is 3.33. The van der Waals surface area contributed by atoms with Crippen LogP contribution in [0.3, 0.4) is 0 Å². The molecule has 2 aliphatic heterocycles. The van der Waals surface area contributed by atoms with Crippen molar-refractivity contribution in [1.29, 1.82) is 0 Å². The van der Waals surface area contributed by atoms with Crippen LogP contribution in [0.4, 0.5) is 0 Å². The number of ether oxygens (including phenoxy) is 4. The quantitative estimate of drug-likeness (QED) is 0.201. The SMILES string of the molecule is COc1ccc([C@H]2CN(CC(=O)O)C[C@]2(C)CNC[C@@]2(C)CN(CC(=O)O)C[C@@H]2c2ccc(OC)c(OC3CCCC3)c2)cc1OC1CCCC1. The summed E-state index contributed by atoms with van der Waals surface area (Å²) in [5.41, 5.74) is 1.68. The maximum absolute atomic E-state index is 11.9. The molecule has 2 aromatic carbocycles. The first kappa shape index (κ1) is 37.2. The van der Waals surface area contributed by atoms with E-state index >= 15 is 0 Å². The molecule has 0 spiro atoms. The molecule has 2 heterocycles. The lowest BCUT2D eigenvalue weighted by molar-refractivity contribution is -0.139. The van der Waals surface area contributed by atoms with E-state index in [4.69, 9.17) is 18.9 Å². The number of likely N-dealkylation sites (tertiary alicyclic amines) is 2. The van der Waals surface area contributed by atoms with Crippen LogP contribution in [0.1, 0.15) is 88.2 Å². The maximum atomic E-state index is 11.9. The van der Waals surface area contributed by atoms with Gasteiger partial charge in [-0.1, -0.05) is 26.0 Å². The molecular weight excluding hydrogens is 650 g/mol. The molecule has 11 nitrogen and oxygen atoms in total. The molecule has 6 rings (SSSR count). The summed E-state index contributed by atoms with van der Waals surface area (Å²) in [6, 6.07) is 12.4. The Kier molecular flexibility index (Phi) is 11.7. The van der Waals surface area contributed by atoms with Gasteiger partial charge in [-0.15, -0.1) is 0 Å². The molecule has 3 N–H and O–H groups in total. The number of carboxylic acids is 2. The molecule has 4 fully saturated rings. The van der Waals surface area contributed by atoms with Crippen molar-refractivity contribution in [3.05, 3.63) is 47.5 Å². The lowest BCUT2D eigenvalue weighted by Gasteiger charge is -2.36. The van der Waals surface area contributed by atoms with Gasteiger partial charge in [0.05, 0.1) is 39.5 Å². The molecule has 0 radical (unpaired) electrons. The van der Waals surface area contributed by atoms with E-state index in [-0.39, 0.29) is 48.0 Å². The van der Waals surface area contributed by atoms with Crippen LogP contribution in [-0.2, 0) is 9.59 Å². The number of rotatable bonds is 16. The zero-order chi connectivity index (χ0) is 36.2. The molecule has 280 valence electrons. The Hall–Kier alpha value is -3.54. The number of carbonyl (C=O) groups is 2. The Labute approximate surface area is 302 Å². The zero-order valence-corrected chi connectivity index (χ0v) is 30.8. The minimum absolute atomic E-state index is 0.0135. The summed E-state index contributed by atoms with van der Waals surface area (Å²) in [5, 5.41) is 23.3. The molecule has 0 unspecified atom stereocenters. The summed E-state index contributed by atoms with van der Waals surface area (Å²) in [6.07, 6.45) is 9.22. The van der Waals surface area contributed by atoms with Gasteiger partial charge in [0.25, 0.3) is 0 Å². The van der Waals surface area contributed by atoms with E-state index in [1.54, 1.807) is 14.2 Å². The van der Waals surface area contributed by atoms with Crippen molar-refractivity contribution < 1.29 is 38.7 Å². The molecule has 4 aliphatic rings. The Morgan fingerprint density at radius 1 is 0.686 bits per heavy atom. The van der Waals surface area contributed by atoms with E-state index in [0.717, 1.165) is 48.3 Å². The molecule has 2 saturated carbocycles. The van der Waals surface area contributed by atoms with Crippen LogP contribution in [0.2, 0.25) is 0 Å². The van der Waals surface area contributed by atoms with Crippen LogP contribution < -0.4 is 24.3 Å². The second-order valence-corrected chi connectivity index (χ2v) is 16.0. The summed E-state index contributed by atoms with van der Waals surface area (Å²) < 4.78 is 24.3. The Morgan fingerprint density at radius 3 is 1.43 bits per heavy atom. The predicted octanol–water partition coefficient (Wildman–Crippen LogP) is 5.62. The van der Waals surface area contributed by atoms with E-state index in [1.807, 2.05) is 21.9 Å². The van der Waals surface area contributed by atoms with Gasteiger partial charge >= 0.3 is 11.9 Å². The first-order valence-corrected chi connectivity index (χ1v) is 18.8. The third kappa shape index (κ3) is 8.75. The third-order valence-electron chi connectivity index (χ3n) is 11.9. The number of nitrogens with zero attached hydrogens (tertiary/aromatic N) is 2. The van der Waals surface area contributed by atoms with Gasteiger partial charge in [0.1, 0.15) is 0 Å². The Balaban J connectivity index is 1.22. The summed E-state index contributed by atoms with van der Waals surface area (Å²) in [4.78, 5) is 27.8. The Morgan fingerprint density at radius 2 is 1.08 bits per heavy atom. The summed E-state index contributed by atoms with van der Waals surface area (Å²) >= 11 is 0. The second kappa shape index (κ2) is 16.0. The van der Waals surface area contributed by atoms with Crippen LogP contribution in [0, 0.1) is 10.8 Å². The van der Waals surface area contributed by atoms with Gasteiger partial charge in [-0.25, -0.2) is 0 Å². The average Bonchev–Trinajstić information content (AvgIpc) is 3.89. The van der Waals surface area contributed by atoms with Crippen LogP contribution in [0.5, 0.6) is 23.0 Å². The van der Waals surface area contributed by atoms with Crippen LogP contribution in [0.15, 0.2) is 36.4 Å². The molecular formula is C40H57N3O8. The number of nitrogens with one attached hydrogen (secondary N) is 1. The standard InChI is InChI=1S/C40H57N3O8/c1-39(25-42(21-37(44)45)19-31(39)27-13-15-33(48-3)35(17-27)50-29-9-5-6-10-29)23-41-24-40(2)26-43(22-38(46)47)20-32(40)28-14-16-34(49-4)36(18-28)51-30-11-7-8-12-30/h13-18,29-32,41H,5-12,19-26H2,1-4H3,(H,44,45)(H,46,47)/t31-,32-,39+,40+/m1/s1. The monoisotopic (exact) mass is 707 g/mol. The van der Waals surface area contributed by atoms with Crippen LogP contribution in [0.25, 0.3) is 0 Å². The lowest BCUT2D eigenvalue weighted by atomic mass is 9.74. The van der Waals surface area contributed by atoms with E-state index in [1.165, 1.54) is 25.7 Å². The van der Waals surface area contributed by atoms with Crippen LogP contribution >= 0.6 is 0 Å². The maximum Gasteiger partial charge on any atom is 0.317 e. The topological polar surface area (TPSA) is 130 Å².